The van der Waals surface area contributed by atoms with Crippen LogP contribution in [0.4, 0.5) is 0 Å². The van der Waals surface area contributed by atoms with Crippen molar-refractivity contribution in [2.75, 3.05) is 13.1 Å². The highest BCUT2D eigenvalue weighted by Crippen LogP contribution is 2.05. The molecule has 0 aliphatic rings. The molecule has 74 valence electrons. The van der Waals surface area contributed by atoms with Gasteiger partial charge in [-0.05, 0) is 38.9 Å². The highest BCUT2D eigenvalue weighted by molar-refractivity contribution is 5.04. The van der Waals surface area contributed by atoms with Crippen LogP contribution in [0.3, 0.4) is 0 Å². The van der Waals surface area contributed by atoms with E-state index < -0.39 is 0 Å². The number of hydrogen-bond donors (Lipinski definition) is 1. The van der Waals surface area contributed by atoms with Crippen LogP contribution in [0.5, 0.6) is 0 Å². The fourth-order valence-corrected chi connectivity index (χ4v) is 1.20. The second-order valence-electron chi connectivity index (χ2n) is 3.53. The lowest BCUT2D eigenvalue weighted by atomic mass is 10.2. The molecule has 1 N–H and O–H groups in total. The molecule has 0 saturated heterocycles. The van der Waals surface area contributed by atoms with Gasteiger partial charge < -0.3 is 5.32 Å². The van der Waals surface area contributed by atoms with Crippen LogP contribution in [0.15, 0.2) is 12.4 Å². The molecular weight excluding hydrogens is 162 g/mol. The summed E-state index contributed by atoms with van der Waals surface area (Å²) in [5, 5.41) is 7.58. The van der Waals surface area contributed by atoms with Crippen molar-refractivity contribution in [2.24, 2.45) is 0 Å². The maximum absolute atomic E-state index is 4.28. The lowest BCUT2D eigenvalue weighted by molar-refractivity contribution is 0.532. The van der Waals surface area contributed by atoms with E-state index in [0.29, 0.717) is 6.04 Å². The molecule has 0 amide bonds. The molecule has 0 atom stereocenters. The minimum absolute atomic E-state index is 0.466. The first-order valence-corrected chi connectivity index (χ1v) is 4.97. The van der Waals surface area contributed by atoms with Gasteiger partial charge in [-0.25, -0.2) is 0 Å². The van der Waals surface area contributed by atoms with Crippen molar-refractivity contribution in [3.05, 3.63) is 18.0 Å². The van der Waals surface area contributed by atoms with Crippen LogP contribution in [0.1, 0.15) is 32.4 Å². The zero-order chi connectivity index (χ0) is 9.68. The van der Waals surface area contributed by atoms with E-state index in [-0.39, 0.29) is 0 Å². The maximum Gasteiger partial charge on any atom is 0.0522 e. The summed E-state index contributed by atoms with van der Waals surface area (Å²) in [7, 11) is 0. The van der Waals surface area contributed by atoms with E-state index in [1.165, 1.54) is 5.56 Å². The zero-order valence-corrected chi connectivity index (χ0v) is 8.75. The Morgan fingerprint density at radius 3 is 2.85 bits per heavy atom. The average Bonchev–Trinajstić information content (AvgIpc) is 2.53. The van der Waals surface area contributed by atoms with Gasteiger partial charge in [-0.3, -0.25) is 4.68 Å². The summed E-state index contributed by atoms with van der Waals surface area (Å²) >= 11 is 0. The van der Waals surface area contributed by atoms with Crippen LogP contribution < -0.4 is 5.32 Å². The van der Waals surface area contributed by atoms with E-state index in [4.69, 9.17) is 0 Å². The van der Waals surface area contributed by atoms with Gasteiger partial charge in [0.1, 0.15) is 0 Å². The Morgan fingerprint density at radius 2 is 2.31 bits per heavy atom. The van der Waals surface area contributed by atoms with Crippen molar-refractivity contribution in [1.82, 2.24) is 15.1 Å². The molecule has 0 bridgehead atoms. The molecule has 0 unspecified atom stereocenters. The molecule has 1 aromatic rings. The molecule has 0 aliphatic carbocycles. The molecule has 0 saturated carbocycles. The first kappa shape index (κ1) is 10.3. The molecule has 0 spiro atoms. The van der Waals surface area contributed by atoms with Crippen LogP contribution in [-0.2, 0) is 6.42 Å². The molecular formula is C10H19N3. The lowest BCUT2D eigenvalue weighted by Crippen LogP contribution is -2.15. The Labute approximate surface area is 80.1 Å². The monoisotopic (exact) mass is 181 g/mol. The molecule has 1 rings (SSSR count). The molecule has 1 aromatic heterocycles. The second kappa shape index (κ2) is 5.02. The topological polar surface area (TPSA) is 29.9 Å². The zero-order valence-electron chi connectivity index (χ0n) is 8.75. The Bertz CT molecular complexity index is 240. The summed E-state index contributed by atoms with van der Waals surface area (Å²) < 4.78 is 2.00. The van der Waals surface area contributed by atoms with Crippen LogP contribution in [0.25, 0.3) is 0 Å². The Balaban J connectivity index is 2.40. The van der Waals surface area contributed by atoms with Crippen molar-refractivity contribution in [3.8, 4) is 0 Å². The van der Waals surface area contributed by atoms with Gasteiger partial charge in [0.25, 0.3) is 0 Å². The van der Waals surface area contributed by atoms with Crippen molar-refractivity contribution >= 4 is 0 Å². The summed E-state index contributed by atoms with van der Waals surface area (Å²) in [6.07, 6.45) is 5.15. The highest BCUT2D eigenvalue weighted by Gasteiger charge is 2.00. The summed E-state index contributed by atoms with van der Waals surface area (Å²) in [5.41, 5.74) is 1.31. The van der Waals surface area contributed by atoms with Gasteiger partial charge in [0.15, 0.2) is 0 Å². The first-order chi connectivity index (χ1) is 6.24. The third kappa shape index (κ3) is 3.19. The molecule has 13 heavy (non-hydrogen) atoms. The Morgan fingerprint density at radius 1 is 1.54 bits per heavy atom. The van der Waals surface area contributed by atoms with Gasteiger partial charge in [0.05, 0.1) is 6.20 Å². The van der Waals surface area contributed by atoms with E-state index >= 15 is 0 Å². The van der Waals surface area contributed by atoms with Crippen LogP contribution in [0.2, 0.25) is 0 Å². The molecule has 3 heteroatoms. The number of nitrogens with one attached hydrogen (secondary N) is 1. The standard InChI is InChI=1S/C10H19N3/c1-4-11-6-5-10-7-12-13(8-10)9(2)3/h7-9,11H,4-6H2,1-3H3. The van der Waals surface area contributed by atoms with Gasteiger partial charge in [-0.1, -0.05) is 6.92 Å². The highest BCUT2D eigenvalue weighted by atomic mass is 15.3. The van der Waals surface area contributed by atoms with E-state index in [0.717, 1.165) is 19.5 Å². The summed E-state index contributed by atoms with van der Waals surface area (Å²) in [6, 6.07) is 0.466. The smallest absolute Gasteiger partial charge is 0.0522 e. The number of hydrogen-bond acceptors (Lipinski definition) is 2. The van der Waals surface area contributed by atoms with E-state index in [1.807, 2.05) is 10.9 Å². The fourth-order valence-electron chi connectivity index (χ4n) is 1.20. The van der Waals surface area contributed by atoms with Gasteiger partial charge in [0.2, 0.25) is 0 Å². The largest absolute Gasteiger partial charge is 0.317 e. The van der Waals surface area contributed by atoms with Crippen molar-refractivity contribution in [2.45, 2.75) is 33.2 Å². The normalized spacial score (nSPS) is 11.1. The van der Waals surface area contributed by atoms with E-state index in [9.17, 15) is 0 Å². The van der Waals surface area contributed by atoms with E-state index in [2.05, 4.69) is 37.4 Å². The SMILES string of the molecule is CCNCCc1cnn(C(C)C)c1. The molecule has 0 aromatic carbocycles. The third-order valence-electron chi connectivity index (χ3n) is 2.02. The van der Waals surface area contributed by atoms with Crippen LogP contribution >= 0.6 is 0 Å². The summed E-state index contributed by atoms with van der Waals surface area (Å²) in [5.74, 6) is 0. The number of likely N-dealkylation sites (N-methyl/N-ethyl adjacent to an activating group) is 1. The van der Waals surface area contributed by atoms with Gasteiger partial charge in [-0.15, -0.1) is 0 Å². The van der Waals surface area contributed by atoms with Gasteiger partial charge in [-0.2, -0.15) is 5.10 Å². The minimum Gasteiger partial charge on any atom is -0.317 e. The lowest BCUT2D eigenvalue weighted by Gasteiger charge is -2.03. The Kier molecular flexibility index (Phi) is 3.96. The molecule has 3 nitrogen and oxygen atoms in total. The van der Waals surface area contributed by atoms with Crippen molar-refractivity contribution in [1.29, 1.82) is 0 Å². The first-order valence-electron chi connectivity index (χ1n) is 4.97. The molecule has 0 fully saturated rings. The number of rotatable bonds is 5. The van der Waals surface area contributed by atoms with Gasteiger partial charge >= 0.3 is 0 Å². The molecule has 1 heterocycles. The predicted octanol–water partition coefficient (Wildman–Crippen LogP) is 1.62. The average molecular weight is 181 g/mol. The molecule has 0 radical (unpaired) electrons. The third-order valence-corrected chi connectivity index (χ3v) is 2.02. The predicted molar refractivity (Wildman–Crippen MR) is 54.9 cm³/mol. The second-order valence-corrected chi connectivity index (χ2v) is 3.53. The minimum atomic E-state index is 0.466. The van der Waals surface area contributed by atoms with Crippen molar-refractivity contribution in [3.63, 3.8) is 0 Å². The Hall–Kier alpha value is -0.830. The van der Waals surface area contributed by atoms with Crippen LogP contribution in [0, 0.1) is 0 Å². The van der Waals surface area contributed by atoms with E-state index in [1.54, 1.807) is 0 Å². The van der Waals surface area contributed by atoms with Crippen molar-refractivity contribution < 1.29 is 0 Å². The van der Waals surface area contributed by atoms with Gasteiger partial charge in [0, 0.05) is 12.2 Å². The maximum atomic E-state index is 4.28. The summed E-state index contributed by atoms with van der Waals surface area (Å²) in [6.45, 7) is 8.48. The van der Waals surface area contributed by atoms with Crippen LogP contribution in [-0.4, -0.2) is 22.9 Å². The quantitative estimate of drug-likeness (QED) is 0.699. The molecule has 0 aliphatic heterocycles. The number of nitrogens with zero attached hydrogens (tertiary/aromatic N) is 2. The fraction of sp³-hybridized carbons (Fsp3) is 0.700. The number of aromatic nitrogens is 2. The summed E-state index contributed by atoms with van der Waals surface area (Å²) in [4.78, 5) is 0.